The van der Waals surface area contributed by atoms with Crippen molar-refractivity contribution in [3.05, 3.63) is 47.3 Å². The van der Waals surface area contributed by atoms with Gasteiger partial charge >= 0.3 is 5.97 Å². The highest BCUT2D eigenvalue weighted by molar-refractivity contribution is 7.89. The lowest BCUT2D eigenvalue weighted by Gasteiger charge is -2.23. The molecule has 1 aromatic carbocycles. The summed E-state index contributed by atoms with van der Waals surface area (Å²) in [6.07, 6.45) is 2.40. The minimum atomic E-state index is -3.95. The highest BCUT2D eigenvalue weighted by Gasteiger charge is 2.40. The monoisotopic (exact) mass is 433 g/mol. The lowest BCUT2D eigenvalue weighted by Crippen LogP contribution is -2.43. The number of aromatic nitrogens is 1. The summed E-state index contributed by atoms with van der Waals surface area (Å²) in [6.45, 7) is 6.06. The molecule has 1 aromatic heterocycles. The van der Waals surface area contributed by atoms with E-state index in [4.69, 9.17) is 4.74 Å². The Labute approximate surface area is 176 Å². The first-order chi connectivity index (χ1) is 14.1. The van der Waals surface area contributed by atoms with E-state index >= 15 is 0 Å². The van der Waals surface area contributed by atoms with E-state index in [0.29, 0.717) is 18.5 Å². The molecule has 1 aliphatic heterocycles. The Kier molecular flexibility index (Phi) is 6.33. The number of sulfonamides is 1. The second-order valence-corrected chi connectivity index (χ2v) is 9.35. The molecule has 1 N–H and O–H groups in total. The van der Waals surface area contributed by atoms with Crippen molar-refractivity contribution in [3.63, 3.8) is 0 Å². The first-order valence-electron chi connectivity index (χ1n) is 9.88. The fraction of sp³-hybridized carbons (Fsp3) is 0.429. The van der Waals surface area contributed by atoms with Crippen LogP contribution in [0.5, 0.6) is 0 Å². The van der Waals surface area contributed by atoms with Crippen LogP contribution in [0.15, 0.2) is 35.4 Å². The molecule has 2 heterocycles. The molecule has 30 heavy (non-hydrogen) atoms. The van der Waals surface area contributed by atoms with Crippen LogP contribution >= 0.6 is 0 Å². The molecule has 0 spiro atoms. The van der Waals surface area contributed by atoms with Crippen molar-refractivity contribution in [2.45, 2.75) is 44.6 Å². The van der Waals surface area contributed by atoms with Gasteiger partial charge in [-0.15, -0.1) is 0 Å². The van der Waals surface area contributed by atoms with E-state index in [2.05, 4.69) is 5.32 Å². The van der Waals surface area contributed by atoms with E-state index < -0.39 is 22.0 Å². The number of benzene rings is 1. The third-order valence-corrected chi connectivity index (χ3v) is 7.23. The first kappa shape index (κ1) is 22.0. The molecule has 2 aromatic rings. The smallest absolute Gasteiger partial charge is 0.354 e. The largest absolute Gasteiger partial charge is 0.461 e. The Morgan fingerprint density at radius 1 is 1.20 bits per heavy atom. The molecular weight excluding hydrogens is 406 g/mol. The summed E-state index contributed by atoms with van der Waals surface area (Å²) in [5.74, 6) is -0.951. The molecule has 1 aliphatic rings. The number of aryl methyl sites for hydroxylation is 3. The summed E-state index contributed by atoms with van der Waals surface area (Å²) in [5.41, 5.74) is 2.93. The standard InChI is InChI=1S/C21H27N3O5S/c1-5-29-21(26)19-12-17(13-23(19)4)30(27,28)24-10-6-7-18(24)20(25)22-16-9-8-14(2)15(3)11-16/h8-9,11-13,18H,5-7,10H2,1-4H3,(H,22,25)/t18-/m0/s1. The molecule has 1 fully saturated rings. The maximum atomic E-state index is 13.2. The molecule has 3 rings (SSSR count). The quantitative estimate of drug-likeness (QED) is 0.706. The summed E-state index contributed by atoms with van der Waals surface area (Å²) in [7, 11) is -2.36. The van der Waals surface area contributed by atoms with Crippen molar-refractivity contribution in [1.29, 1.82) is 0 Å². The van der Waals surface area contributed by atoms with Crippen molar-refractivity contribution in [2.24, 2.45) is 7.05 Å². The van der Waals surface area contributed by atoms with Gasteiger partial charge in [-0.25, -0.2) is 13.2 Å². The van der Waals surface area contributed by atoms with Crippen molar-refractivity contribution >= 4 is 27.6 Å². The third-order valence-electron chi connectivity index (χ3n) is 5.35. The van der Waals surface area contributed by atoms with Crippen molar-refractivity contribution in [2.75, 3.05) is 18.5 Å². The van der Waals surface area contributed by atoms with Gasteiger partial charge in [-0.1, -0.05) is 6.07 Å². The second-order valence-electron chi connectivity index (χ2n) is 7.45. The van der Waals surface area contributed by atoms with E-state index in [0.717, 1.165) is 11.1 Å². The lowest BCUT2D eigenvalue weighted by atomic mass is 10.1. The number of rotatable bonds is 6. The van der Waals surface area contributed by atoms with Crippen molar-refractivity contribution < 1.29 is 22.7 Å². The van der Waals surface area contributed by atoms with Gasteiger partial charge in [0.2, 0.25) is 15.9 Å². The van der Waals surface area contributed by atoms with E-state index in [-0.39, 0.29) is 29.6 Å². The number of amides is 1. The number of hydrogen-bond donors (Lipinski definition) is 1. The summed E-state index contributed by atoms with van der Waals surface area (Å²) in [5, 5.41) is 2.83. The number of anilines is 1. The maximum Gasteiger partial charge on any atom is 0.354 e. The molecule has 0 unspecified atom stereocenters. The van der Waals surface area contributed by atoms with Crippen LogP contribution in [0.1, 0.15) is 41.4 Å². The average Bonchev–Trinajstić information content (AvgIpc) is 3.32. The van der Waals surface area contributed by atoms with E-state index in [9.17, 15) is 18.0 Å². The molecule has 8 nitrogen and oxygen atoms in total. The molecule has 1 saturated heterocycles. The fourth-order valence-corrected chi connectivity index (χ4v) is 5.28. The molecule has 0 radical (unpaired) electrons. The lowest BCUT2D eigenvalue weighted by molar-refractivity contribution is -0.119. The summed E-state index contributed by atoms with van der Waals surface area (Å²) >= 11 is 0. The Morgan fingerprint density at radius 2 is 1.93 bits per heavy atom. The highest BCUT2D eigenvalue weighted by Crippen LogP contribution is 2.28. The fourth-order valence-electron chi connectivity index (χ4n) is 3.55. The van der Waals surface area contributed by atoms with E-state index in [1.165, 1.54) is 21.1 Å². The number of nitrogens with one attached hydrogen (secondary N) is 1. The second kappa shape index (κ2) is 8.61. The SMILES string of the molecule is CCOC(=O)c1cc(S(=O)(=O)N2CCC[C@H]2C(=O)Nc2ccc(C)c(C)c2)cn1C. The van der Waals surface area contributed by atoms with Gasteiger partial charge < -0.3 is 14.6 Å². The van der Waals surface area contributed by atoms with Gasteiger partial charge in [0.25, 0.3) is 0 Å². The van der Waals surface area contributed by atoms with Crippen LogP contribution < -0.4 is 5.32 Å². The topological polar surface area (TPSA) is 97.7 Å². The Hall–Kier alpha value is -2.65. The van der Waals surface area contributed by atoms with Crippen molar-refractivity contribution in [3.8, 4) is 0 Å². The van der Waals surface area contributed by atoms with Gasteiger partial charge in [-0.3, -0.25) is 4.79 Å². The van der Waals surface area contributed by atoms with Crippen molar-refractivity contribution in [1.82, 2.24) is 8.87 Å². The number of nitrogens with zero attached hydrogens (tertiary/aromatic N) is 2. The van der Waals surface area contributed by atoms with Gasteiger partial charge in [-0.05, 0) is 62.9 Å². The molecule has 162 valence electrons. The zero-order valence-electron chi connectivity index (χ0n) is 17.6. The molecule has 0 bridgehead atoms. The van der Waals surface area contributed by atoms with Crippen LogP contribution in [0, 0.1) is 13.8 Å². The molecule has 1 atom stereocenters. The van der Waals surface area contributed by atoms with Gasteiger partial charge in [0.1, 0.15) is 16.6 Å². The number of ether oxygens (including phenoxy) is 1. The van der Waals surface area contributed by atoms with Crippen LogP contribution in [0.4, 0.5) is 5.69 Å². The molecular formula is C21H27N3O5S. The minimum Gasteiger partial charge on any atom is -0.461 e. The molecule has 0 aliphatic carbocycles. The van der Waals surface area contributed by atoms with Crippen LogP contribution in [0.25, 0.3) is 0 Å². The van der Waals surface area contributed by atoms with Gasteiger partial charge in [0.05, 0.1) is 6.61 Å². The first-order valence-corrected chi connectivity index (χ1v) is 11.3. The summed E-state index contributed by atoms with van der Waals surface area (Å²) < 4.78 is 34.1. The normalized spacial score (nSPS) is 17.1. The van der Waals surface area contributed by atoms with Crippen LogP contribution in [0.2, 0.25) is 0 Å². The third kappa shape index (κ3) is 4.27. The molecule has 1 amide bonds. The average molecular weight is 434 g/mol. The Morgan fingerprint density at radius 3 is 2.60 bits per heavy atom. The molecule has 9 heteroatoms. The van der Waals surface area contributed by atoms with E-state index in [1.54, 1.807) is 20.0 Å². The predicted octanol–water partition coefficient (Wildman–Crippen LogP) is 2.61. The van der Waals surface area contributed by atoms with Gasteiger partial charge in [0, 0.05) is 25.5 Å². The summed E-state index contributed by atoms with van der Waals surface area (Å²) in [6, 6.07) is 6.07. The number of carbonyl (C=O) groups excluding carboxylic acids is 2. The highest BCUT2D eigenvalue weighted by atomic mass is 32.2. The number of esters is 1. The molecule has 0 saturated carbocycles. The number of carbonyl (C=O) groups is 2. The Balaban J connectivity index is 1.83. The van der Waals surface area contributed by atoms with E-state index in [1.807, 2.05) is 26.0 Å². The minimum absolute atomic E-state index is 0.0288. The summed E-state index contributed by atoms with van der Waals surface area (Å²) in [4.78, 5) is 24.9. The van der Waals surface area contributed by atoms with Gasteiger partial charge in [-0.2, -0.15) is 4.31 Å². The van der Waals surface area contributed by atoms with Crippen LogP contribution in [-0.2, 0) is 26.6 Å². The van der Waals surface area contributed by atoms with Gasteiger partial charge in [0.15, 0.2) is 0 Å². The Bertz CT molecular complexity index is 1070. The van der Waals surface area contributed by atoms with Crippen LogP contribution in [-0.4, -0.2) is 48.4 Å². The number of hydrogen-bond acceptors (Lipinski definition) is 5. The zero-order chi connectivity index (χ0) is 22.1. The predicted molar refractivity (Wildman–Crippen MR) is 113 cm³/mol. The zero-order valence-corrected chi connectivity index (χ0v) is 18.5. The van der Waals surface area contributed by atoms with Crippen LogP contribution in [0.3, 0.4) is 0 Å². The maximum absolute atomic E-state index is 13.2.